The van der Waals surface area contributed by atoms with E-state index in [1.165, 1.54) is 19.3 Å². The van der Waals surface area contributed by atoms with Gasteiger partial charge in [0.25, 0.3) is 0 Å². The van der Waals surface area contributed by atoms with Crippen LogP contribution < -0.4 is 5.32 Å². The lowest BCUT2D eigenvalue weighted by molar-refractivity contribution is 0.0923. The Morgan fingerprint density at radius 1 is 1.55 bits per heavy atom. The molecule has 0 unspecified atom stereocenters. The van der Waals surface area contributed by atoms with Crippen LogP contribution in [0.25, 0.3) is 0 Å². The Morgan fingerprint density at radius 3 is 2.64 bits per heavy atom. The molecule has 2 heterocycles. The summed E-state index contributed by atoms with van der Waals surface area (Å²) in [4.78, 5) is 0. The second-order valence-corrected chi connectivity index (χ2v) is 4.07. The van der Waals surface area contributed by atoms with Crippen LogP contribution in [0.4, 0.5) is 0 Å². The molecule has 0 aromatic carbocycles. The molecule has 0 aliphatic carbocycles. The average molecular weight is 155 g/mol. The van der Waals surface area contributed by atoms with E-state index in [0.29, 0.717) is 18.7 Å². The molecule has 0 spiro atoms. The minimum absolute atomic E-state index is 0.239. The molecule has 2 aliphatic heterocycles. The molecule has 2 bridgehead atoms. The quantitative estimate of drug-likeness (QED) is 0.621. The van der Waals surface area contributed by atoms with Crippen molar-refractivity contribution in [1.82, 2.24) is 5.32 Å². The molecule has 2 aliphatic rings. The maximum absolute atomic E-state index is 9.30. The van der Waals surface area contributed by atoms with E-state index >= 15 is 0 Å². The lowest BCUT2D eigenvalue weighted by Gasteiger charge is -2.33. The third kappa shape index (κ3) is 0.926. The number of aliphatic hydroxyl groups is 1. The van der Waals surface area contributed by atoms with Crippen LogP contribution in [0.3, 0.4) is 0 Å². The van der Waals surface area contributed by atoms with Crippen molar-refractivity contribution in [2.24, 2.45) is 5.41 Å². The number of fused-ring (bicyclic) bond motifs is 2. The Labute approximate surface area is 68.0 Å². The standard InChI is InChI=1S/C9H17NO/c1-2-9(6-11)5-7-3-4-8(9)10-7/h7-8,10-11H,2-6H2,1H3/t7-,8+,9-/m1/s1. The molecule has 11 heavy (non-hydrogen) atoms. The van der Waals surface area contributed by atoms with Gasteiger partial charge in [-0.25, -0.2) is 0 Å². The predicted molar refractivity (Wildman–Crippen MR) is 44.4 cm³/mol. The van der Waals surface area contributed by atoms with E-state index in [-0.39, 0.29) is 5.41 Å². The van der Waals surface area contributed by atoms with Gasteiger partial charge in [0.05, 0.1) is 6.61 Å². The Kier molecular flexibility index (Phi) is 1.69. The Bertz CT molecular complexity index is 154. The number of hydrogen-bond acceptors (Lipinski definition) is 2. The van der Waals surface area contributed by atoms with Crippen molar-refractivity contribution in [3.8, 4) is 0 Å². The summed E-state index contributed by atoms with van der Waals surface area (Å²) in [5.74, 6) is 0. The molecule has 2 heteroatoms. The van der Waals surface area contributed by atoms with Crippen LogP contribution in [0.15, 0.2) is 0 Å². The summed E-state index contributed by atoms with van der Waals surface area (Å²) in [6.07, 6.45) is 4.92. The Morgan fingerprint density at radius 2 is 2.36 bits per heavy atom. The highest BCUT2D eigenvalue weighted by Gasteiger charge is 2.48. The summed E-state index contributed by atoms with van der Waals surface area (Å²) >= 11 is 0. The molecule has 0 aromatic heterocycles. The van der Waals surface area contributed by atoms with Crippen molar-refractivity contribution in [2.75, 3.05) is 6.61 Å². The lowest BCUT2D eigenvalue weighted by atomic mass is 9.72. The summed E-state index contributed by atoms with van der Waals surface area (Å²) in [5, 5.41) is 12.9. The van der Waals surface area contributed by atoms with Gasteiger partial charge in [0.2, 0.25) is 0 Å². The van der Waals surface area contributed by atoms with E-state index in [4.69, 9.17) is 0 Å². The molecule has 0 radical (unpaired) electrons. The van der Waals surface area contributed by atoms with Gasteiger partial charge in [-0.05, 0) is 25.7 Å². The minimum Gasteiger partial charge on any atom is -0.396 e. The molecule has 2 fully saturated rings. The number of aliphatic hydroxyl groups excluding tert-OH is 1. The summed E-state index contributed by atoms with van der Waals surface area (Å²) in [6.45, 7) is 2.57. The second kappa shape index (κ2) is 2.46. The van der Waals surface area contributed by atoms with E-state index in [2.05, 4.69) is 12.2 Å². The largest absolute Gasteiger partial charge is 0.396 e. The summed E-state index contributed by atoms with van der Waals surface area (Å²) in [5.41, 5.74) is 0.239. The molecule has 2 N–H and O–H groups in total. The van der Waals surface area contributed by atoms with Crippen LogP contribution in [-0.2, 0) is 0 Å². The first-order valence-electron chi connectivity index (χ1n) is 4.67. The first kappa shape index (κ1) is 7.56. The molecule has 2 rings (SSSR count). The van der Waals surface area contributed by atoms with Crippen molar-refractivity contribution in [3.63, 3.8) is 0 Å². The van der Waals surface area contributed by atoms with Crippen LogP contribution in [0.5, 0.6) is 0 Å². The molecule has 2 saturated heterocycles. The molecule has 2 nitrogen and oxygen atoms in total. The monoisotopic (exact) mass is 155 g/mol. The van der Waals surface area contributed by atoms with Gasteiger partial charge >= 0.3 is 0 Å². The van der Waals surface area contributed by atoms with Crippen LogP contribution >= 0.6 is 0 Å². The summed E-state index contributed by atoms with van der Waals surface area (Å²) in [7, 11) is 0. The van der Waals surface area contributed by atoms with Crippen molar-refractivity contribution >= 4 is 0 Å². The van der Waals surface area contributed by atoms with E-state index < -0.39 is 0 Å². The second-order valence-electron chi connectivity index (χ2n) is 4.07. The zero-order valence-electron chi connectivity index (χ0n) is 7.14. The smallest absolute Gasteiger partial charge is 0.0502 e. The van der Waals surface area contributed by atoms with E-state index in [9.17, 15) is 5.11 Å². The lowest BCUT2D eigenvalue weighted by Crippen LogP contribution is -2.37. The third-order valence-electron chi connectivity index (χ3n) is 3.65. The zero-order chi connectivity index (χ0) is 7.90. The van der Waals surface area contributed by atoms with E-state index in [0.717, 1.165) is 6.42 Å². The summed E-state index contributed by atoms with van der Waals surface area (Å²) in [6, 6.07) is 1.33. The molecule has 0 amide bonds. The van der Waals surface area contributed by atoms with Gasteiger partial charge in [-0.15, -0.1) is 0 Å². The molecule has 0 aromatic rings. The maximum Gasteiger partial charge on any atom is 0.0502 e. The van der Waals surface area contributed by atoms with Gasteiger partial charge in [0, 0.05) is 17.5 Å². The van der Waals surface area contributed by atoms with Crippen molar-refractivity contribution in [3.05, 3.63) is 0 Å². The molecule has 3 atom stereocenters. The average Bonchev–Trinajstić information content (AvgIpc) is 2.62. The fraction of sp³-hybridized carbons (Fsp3) is 1.00. The van der Waals surface area contributed by atoms with Gasteiger partial charge in [-0.2, -0.15) is 0 Å². The third-order valence-corrected chi connectivity index (χ3v) is 3.65. The van der Waals surface area contributed by atoms with E-state index in [1.807, 2.05) is 0 Å². The van der Waals surface area contributed by atoms with Gasteiger partial charge in [0.15, 0.2) is 0 Å². The zero-order valence-corrected chi connectivity index (χ0v) is 7.14. The first-order chi connectivity index (χ1) is 5.30. The van der Waals surface area contributed by atoms with Crippen molar-refractivity contribution in [2.45, 2.75) is 44.7 Å². The van der Waals surface area contributed by atoms with Gasteiger partial charge in [-0.1, -0.05) is 6.92 Å². The first-order valence-corrected chi connectivity index (χ1v) is 4.67. The highest BCUT2D eigenvalue weighted by molar-refractivity contribution is 5.05. The SMILES string of the molecule is CC[C@]1(CO)C[C@H]2CC[C@@H]1N2. The van der Waals surface area contributed by atoms with Crippen LogP contribution in [-0.4, -0.2) is 23.8 Å². The fourth-order valence-electron chi connectivity index (χ4n) is 2.77. The minimum atomic E-state index is 0.239. The van der Waals surface area contributed by atoms with Crippen molar-refractivity contribution < 1.29 is 5.11 Å². The highest BCUT2D eigenvalue weighted by Crippen LogP contribution is 2.45. The Hall–Kier alpha value is -0.0800. The predicted octanol–water partition coefficient (Wildman–Crippen LogP) is 0.899. The van der Waals surface area contributed by atoms with Crippen LogP contribution in [0.1, 0.15) is 32.6 Å². The topological polar surface area (TPSA) is 32.3 Å². The van der Waals surface area contributed by atoms with Crippen LogP contribution in [0.2, 0.25) is 0 Å². The number of nitrogens with one attached hydrogen (secondary N) is 1. The maximum atomic E-state index is 9.30. The van der Waals surface area contributed by atoms with Crippen molar-refractivity contribution in [1.29, 1.82) is 0 Å². The number of rotatable bonds is 2. The summed E-state index contributed by atoms with van der Waals surface area (Å²) < 4.78 is 0. The van der Waals surface area contributed by atoms with E-state index in [1.54, 1.807) is 0 Å². The van der Waals surface area contributed by atoms with Gasteiger partial charge in [-0.3, -0.25) is 0 Å². The Balaban J connectivity index is 2.14. The van der Waals surface area contributed by atoms with Gasteiger partial charge in [0.1, 0.15) is 0 Å². The molecule has 64 valence electrons. The normalized spacial score (nSPS) is 48.5. The fourth-order valence-corrected chi connectivity index (χ4v) is 2.77. The highest BCUT2D eigenvalue weighted by atomic mass is 16.3. The molecular formula is C9H17NO. The molecular weight excluding hydrogens is 138 g/mol. The van der Waals surface area contributed by atoms with Gasteiger partial charge < -0.3 is 10.4 Å². The van der Waals surface area contributed by atoms with Crippen LogP contribution in [0, 0.1) is 5.41 Å². The molecule has 0 saturated carbocycles. The number of hydrogen-bond donors (Lipinski definition) is 2.